The number of halogens is 3. The third-order valence-corrected chi connectivity index (χ3v) is 3.24. The number of carbonyl (C=O) groups is 1. The molecule has 1 aliphatic rings. The molecule has 0 saturated carbocycles. The van der Waals surface area contributed by atoms with Gasteiger partial charge in [-0.25, -0.2) is 4.79 Å². The van der Waals surface area contributed by atoms with Crippen molar-refractivity contribution in [1.29, 1.82) is 5.41 Å². The average molecular weight is 353 g/mol. The standard InChI is InChI=1S/C13H12Cl3NO4/c14-13(15,16)12(17)20-7-8-1-3-9(4-2-8)21-10-5-6-19-11(10)18/h1-4,10,17H,5-7H2/t10-/m0/s1. The lowest BCUT2D eigenvalue weighted by Crippen LogP contribution is -2.21. The molecular weight excluding hydrogens is 341 g/mol. The number of benzene rings is 1. The van der Waals surface area contributed by atoms with Crippen LogP contribution in [0.2, 0.25) is 0 Å². The van der Waals surface area contributed by atoms with E-state index in [0.29, 0.717) is 18.8 Å². The van der Waals surface area contributed by atoms with E-state index in [-0.39, 0.29) is 12.6 Å². The molecule has 0 aliphatic carbocycles. The Labute approximate surface area is 136 Å². The van der Waals surface area contributed by atoms with Crippen molar-refractivity contribution in [2.45, 2.75) is 22.9 Å². The summed E-state index contributed by atoms with van der Waals surface area (Å²) in [6.07, 6.45) is -0.00552. The average Bonchev–Trinajstić information content (AvgIpc) is 2.82. The molecular formula is C13H12Cl3NO4. The molecule has 1 atom stereocenters. The molecule has 0 aromatic heterocycles. The number of esters is 1. The van der Waals surface area contributed by atoms with Gasteiger partial charge in [0.05, 0.1) is 6.61 Å². The van der Waals surface area contributed by atoms with Crippen LogP contribution in [0, 0.1) is 5.41 Å². The molecule has 1 fully saturated rings. The van der Waals surface area contributed by atoms with Crippen molar-refractivity contribution in [2.24, 2.45) is 0 Å². The van der Waals surface area contributed by atoms with Crippen molar-refractivity contribution in [3.05, 3.63) is 29.8 Å². The van der Waals surface area contributed by atoms with Gasteiger partial charge in [0, 0.05) is 6.42 Å². The van der Waals surface area contributed by atoms with Crippen LogP contribution in [-0.4, -0.2) is 28.4 Å². The molecule has 0 radical (unpaired) electrons. The molecule has 1 aromatic carbocycles. The first kappa shape index (κ1) is 16.2. The summed E-state index contributed by atoms with van der Waals surface area (Å²) in [6.45, 7) is 0.479. The second-order valence-corrected chi connectivity index (χ2v) is 6.60. The molecule has 1 aliphatic heterocycles. The smallest absolute Gasteiger partial charge is 0.347 e. The molecule has 2 rings (SSSR count). The largest absolute Gasteiger partial charge is 0.479 e. The van der Waals surface area contributed by atoms with Gasteiger partial charge in [0.25, 0.3) is 3.79 Å². The van der Waals surface area contributed by atoms with Crippen LogP contribution in [0.4, 0.5) is 0 Å². The van der Waals surface area contributed by atoms with Crippen LogP contribution in [0.3, 0.4) is 0 Å². The highest BCUT2D eigenvalue weighted by atomic mass is 35.6. The number of alkyl halides is 3. The van der Waals surface area contributed by atoms with Gasteiger partial charge in [0.15, 0.2) is 6.10 Å². The third-order valence-electron chi connectivity index (χ3n) is 2.73. The van der Waals surface area contributed by atoms with Crippen molar-refractivity contribution >= 4 is 46.7 Å². The van der Waals surface area contributed by atoms with Crippen molar-refractivity contribution in [3.63, 3.8) is 0 Å². The molecule has 1 N–H and O–H groups in total. The summed E-state index contributed by atoms with van der Waals surface area (Å²) in [4.78, 5) is 11.3. The summed E-state index contributed by atoms with van der Waals surface area (Å²) < 4.78 is 13.5. The van der Waals surface area contributed by atoms with Gasteiger partial charge < -0.3 is 14.2 Å². The maximum atomic E-state index is 11.3. The Morgan fingerprint density at radius 3 is 2.52 bits per heavy atom. The first-order valence-corrected chi connectivity index (χ1v) is 7.20. The van der Waals surface area contributed by atoms with Crippen LogP contribution in [0.15, 0.2) is 24.3 Å². The molecule has 1 saturated heterocycles. The van der Waals surface area contributed by atoms with Crippen molar-refractivity contribution in [3.8, 4) is 5.75 Å². The third kappa shape index (κ3) is 4.66. The number of hydrogen-bond acceptors (Lipinski definition) is 5. The Hall–Kier alpha value is -1.17. The van der Waals surface area contributed by atoms with Crippen LogP contribution >= 0.6 is 34.8 Å². The van der Waals surface area contributed by atoms with Gasteiger partial charge in [-0.05, 0) is 17.7 Å². The lowest BCUT2D eigenvalue weighted by molar-refractivity contribution is -0.143. The number of nitrogens with one attached hydrogen (secondary N) is 1. The summed E-state index contributed by atoms with van der Waals surface area (Å²) in [5, 5.41) is 7.41. The second-order valence-electron chi connectivity index (χ2n) is 4.32. The molecule has 0 unspecified atom stereocenters. The van der Waals surface area contributed by atoms with Gasteiger partial charge in [0.1, 0.15) is 12.4 Å². The highest BCUT2D eigenvalue weighted by Crippen LogP contribution is 2.28. The lowest BCUT2D eigenvalue weighted by Gasteiger charge is -2.14. The quantitative estimate of drug-likeness (QED) is 0.391. The van der Waals surface area contributed by atoms with Gasteiger partial charge >= 0.3 is 5.97 Å². The summed E-state index contributed by atoms with van der Waals surface area (Å²) in [5.41, 5.74) is 0.773. The van der Waals surface area contributed by atoms with E-state index < -0.39 is 15.8 Å². The van der Waals surface area contributed by atoms with E-state index in [1.165, 1.54) is 0 Å². The Kier molecular flexibility index (Phi) is 5.19. The molecule has 0 spiro atoms. The van der Waals surface area contributed by atoms with E-state index in [0.717, 1.165) is 5.56 Å². The van der Waals surface area contributed by atoms with E-state index >= 15 is 0 Å². The maximum Gasteiger partial charge on any atom is 0.347 e. The van der Waals surface area contributed by atoms with Gasteiger partial charge in [-0.3, -0.25) is 5.41 Å². The molecule has 1 heterocycles. The first-order chi connectivity index (χ1) is 9.86. The van der Waals surface area contributed by atoms with Crippen LogP contribution < -0.4 is 4.74 Å². The summed E-state index contributed by atoms with van der Waals surface area (Å²) in [6, 6.07) is 6.87. The van der Waals surface area contributed by atoms with Gasteiger partial charge in [-0.2, -0.15) is 0 Å². The van der Waals surface area contributed by atoms with Gasteiger partial charge in [-0.15, -0.1) is 0 Å². The zero-order chi connectivity index (χ0) is 15.5. The summed E-state index contributed by atoms with van der Waals surface area (Å²) in [5.74, 6) is -0.237. The van der Waals surface area contributed by atoms with Gasteiger partial charge in [0.2, 0.25) is 5.90 Å². The highest BCUT2D eigenvalue weighted by molar-refractivity contribution is 6.76. The fourth-order valence-electron chi connectivity index (χ4n) is 1.65. The number of ether oxygens (including phenoxy) is 3. The summed E-state index contributed by atoms with van der Waals surface area (Å²) >= 11 is 16.5. The Balaban J connectivity index is 1.87. The van der Waals surface area contributed by atoms with Crippen molar-refractivity contribution in [2.75, 3.05) is 6.61 Å². The van der Waals surface area contributed by atoms with E-state index in [4.69, 9.17) is 54.4 Å². The minimum absolute atomic E-state index is 0.0957. The zero-order valence-corrected chi connectivity index (χ0v) is 13.0. The second kappa shape index (κ2) is 6.73. The zero-order valence-electron chi connectivity index (χ0n) is 10.8. The number of carbonyl (C=O) groups excluding carboxylic acids is 1. The van der Waals surface area contributed by atoms with Crippen molar-refractivity contribution in [1.82, 2.24) is 0 Å². The monoisotopic (exact) mass is 351 g/mol. The predicted octanol–water partition coefficient (Wildman–Crippen LogP) is 3.24. The number of cyclic esters (lactones) is 1. The van der Waals surface area contributed by atoms with E-state index in [1.54, 1.807) is 24.3 Å². The van der Waals surface area contributed by atoms with Crippen LogP contribution in [0.25, 0.3) is 0 Å². The SMILES string of the molecule is N=C(OCc1ccc(O[C@H]2CCOC2=O)cc1)C(Cl)(Cl)Cl. The van der Waals surface area contributed by atoms with Crippen molar-refractivity contribution < 1.29 is 19.0 Å². The van der Waals surface area contributed by atoms with Crippen LogP contribution in [0.5, 0.6) is 5.75 Å². The molecule has 5 nitrogen and oxygen atoms in total. The summed E-state index contributed by atoms with van der Waals surface area (Å²) in [7, 11) is 0. The minimum atomic E-state index is -1.87. The molecule has 21 heavy (non-hydrogen) atoms. The Morgan fingerprint density at radius 2 is 2.00 bits per heavy atom. The normalized spacial score (nSPS) is 18.2. The number of hydrogen-bond donors (Lipinski definition) is 1. The lowest BCUT2D eigenvalue weighted by atomic mass is 10.2. The predicted molar refractivity (Wildman–Crippen MR) is 79.2 cm³/mol. The van der Waals surface area contributed by atoms with Crippen LogP contribution in [0.1, 0.15) is 12.0 Å². The topological polar surface area (TPSA) is 68.6 Å². The van der Waals surface area contributed by atoms with E-state index in [9.17, 15) is 4.79 Å². The van der Waals surface area contributed by atoms with Gasteiger partial charge in [-0.1, -0.05) is 46.9 Å². The molecule has 0 amide bonds. The Morgan fingerprint density at radius 1 is 1.33 bits per heavy atom. The highest BCUT2D eigenvalue weighted by Gasteiger charge is 2.29. The van der Waals surface area contributed by atoms with E-state index in [1.807, 2.05) is 0 Å². The van der Waals surface area contributed by atoms with E-state index in [2.05, 4.69) is 0 Å². The Bertz CT molecular complexity index is 527. The molecule has 114 valence electrons. The maximum absolute atomic E-state index is 11.3. The fourth-order valence-corrected chi connectivity index (χ4v) is 1.81. The molecule has 0 bridgehead atoms. The minimum Gasteiger partial charge on any atom is -0.479 e. The number of rotatable bonds is 4. The fraction of sp³-hybridized carbons (Fsp3) is 0.385. The molecule has 1 aromatic rings. The first-order valence-electron chi connectivity index (χ1n) is 6.07. The van der Waals surface area contributed by atoms with Crippen LogP contribution in [-0.2, 0) is 20.9 Å². The molecule has 8 heteroatoms.